The molecular weight excluding hydrogens is 739 g/mol. The molecular formula is C30H23N11O10S2. The first-order valence-corrected chi connectivity index (χ1v) is 17.3. The summed E-state index contributed by atoms with van der Waals surface area (Å²) in [6, 6.07) is 17.9. The number of hydrogen-bond acceptors (Lipinski definition) is 18. The highest BCUT2D eigenvalue weighted by atomic mass is 32.2. The van der Waals surface area contributed by atoms with Gasteiger partial charge in [-0.25, -0.2) is 0 Å². The number of nitrogens with zero attached hydrogens (tertiary/aromatic N) is 7. The number of nitrogens with two attached hydrogens (primary N) is 2. The van der Waals surface area contributed by atoms with Gasteiger partial charge in [0.05, 0.1) is 43.9 Å². The summed E-state index contributed by atoms with van der Waals surface area (Å²) < 4.78 is 66.1. The number of non-ortho nitro benzene ring substituents is 1. The fourth-order valence-electron chi connectivity index (χ4n) is 4.24. The van der Waals surface area contributed by atoms with E-state index in [2.05, 4.69) is 41.5 Å². The smallest absolute Gasteiger partial charge is 0.296 e. The largest absolute Gasteiger partial charge is 0.397 e. The van der Waals surface area contributed by atoms with E-state index < -0.39 is 56.9 Å². The zero-order chi connectivity index (χ0) is 38.5. The first-order valence-electron chi connectivity index (χ1n) is 14.4. The van der Waals surface area contributed by atoms with Crippen LogP contribution in [0.4, 0.5) is 51.2 Å². The fourth-order valence-corrected chi connectivity index (χ4v) is 5.38. The number of nitro benzene ring substituents is 1. The van der Waals surface area contributed by atoms with E-state index in [1.165, 1.54) is 48.5 Å². The van der Waals surface area contributed by atoms with Crippen molar-refractivity contribution in [2.45, 2.75) is 9.79 Å². The molecule has 5 aromatic rings. The van der Waals surface area contributed by atoms with E-state index in [1.807, 2.05) is 0 Å². The van der Waals surface area contributed by atoms with E-state index in [1.54, 1.807) is 0 Å². The van der Waals surface area contributed by atoms with Gasteiger partial charge < -0.3 is 11.5 Å². The van der Waals surface area contributed by atoms with Crippen LogP contribution in [0.2, 0.25) is 0 Å². The number of azo groups is 2. The fraction of sp³-hybridized carbons (Fsp3) is 0. The lowest BCUT2D eigenvalue weighted by Gasteiger charge is -2.07. The molecule has 0 aromatic heterocycles. The Bertz CT molecular complexity index is 2790. The second-order valence-corrected chi connectivity index (χ2v) is 13.3. The number of hydrogen-bond donors (Lipinski definition) is 6. The van der Waals surface area contributed by atoms with Gasteiger partial charge in [-0.05, 0) is 72.8 Å². The molecule has 0 amide bonds. The summed E-state index contributed by atoms with van der Waals surface area (Å²) in [5.41, 5.74) is 14.9. The number of anilines is 4. The SMILES string of the molecule is Nc1cc(N)c(N=Nc2ccc(S(=O)(=O)O)c(NN=c3c(=O)ccc(=NNc4ccc([N+](=O)[O-])cc4)c3=O)c2)cc1N=Nc1cccc(S(=O)(=O)O)c1. The van der Waals surface area contributed by atoms with Crippen LogP contribution in [0.15, 0.2) is 141 Å². The van der Waals surface area contributed by atoms with Gasteiger partial charge >= 0.3 is 0 Å². The van der Waals surface area contributed by atoms with E-state index in [4.69, 9.17) is 11.5 Å². The Labute approximate surface area is 296 Å². The van der Waals surface area contributed by atoms with Gasteiger partial charge in [0.2, 0.25) is 10.9 Å². The lowest BCUT2D eigenvalue weighted by atomic mass is 10.2. The maximum atomic E-state index is 13.0. The van der Waals surface area contributed by atoms with Crippen LogP contribution in [-0.4, -0.2) is 30.9 Å². The highest BCUT2D eigenvalue weighted by Gasteiger charge is 2.17. The molecule has 0 saturated carbocycles. The standard InChI is InChI=1S/C30H23N11O10S2/c31-21-14-22(32)25(15-24(21)37-34-17-2-1-3-20(12-17)52(46,47)48)38-35-18-6-11-28(53(49,50)51)26(13-18)39-40-29-27(42)10-9-23(30(29)43)36-33-16-4-7-19(8-5-16)41(44)45/h1-15,33,39H,31-32H2,(H,46,47,48)(H,49,50,51). The maximum Gasteiger partial charge on any atom is 0.296 e. The number of rotatable bonds is 11. The van der Waals surface area contributed by atoms with Crippen molar-refractivity contribution in [2.75, 3.05) is 22.3 Å². The number of nitrogen functional groups attached to an aromatic ring is 2. The normalized spacial score (nSPS) is 12.8. The summed E-state index contributed by atoms with van der Waals surface area (Å²) in [5, 5.41) is 33.5. The molecule has 23 heteroatoms. The summed E-state index contributed by atoms with van der Waals surface area (Å²) in [7, 11) is -9.37. The van der Waals surface area contributed by atoms with Crippen molar-refractivity contribution in [1.82, 2.24) is 0 Å². The predicted octanol–water partition coefficient (Wildman–Crippen LogP) is 3.54. The average Bonchev–Trinajstić information content (AvgIpc) is 3.10. The Kier molecular flexibility index (Phi) is 10.5. The van der Waals surface area contributed by atoms with Gasteiger partial charge in [-0.3, -0.25) is 39.7 Å². The third kappa shape index (κ3) is 9.18. The number of benzene rings is 5. The molecule has 0 bridgehead atoms. The average molecular weight is 762 g/mol. The summed E-state index contributed by atoms with van der Waals surface area (Å²) in [6.07, 6.45) is 0. The number of nitro groups is 1. The van der Waals surface area contributed by atoms with Crippen LogP contribution in [0, 0.1) is 10.1 Å². The van der Waals surface area contributed by atoms with Gasteiger partial charge in [-0.15, -0.1) is 10.2 Å². The molecule has 0 aliphatic heterocycles. The van der Waals surface area contributed by atoms with E-state index in [0.717, 1.165) is 42.5 Å². The van der Waals surface area contributed by atoms with E-state index in [0.29, 0.717) is 0 Å². The van der Waals surface area contributed by atoms with Crippen LogP contribution in [0.25, 0.3) is 0 Å². The molecule has 0 aliphatic carbocycles. The molecule has 5 rings (SSSR count). The molecule has 0 fully saturated rings. The lowest BCUT2D eigenvalue weighted by Crippen LogP contribution is -2.48. The molecule has 0 aliphatic rings. The molecule has 0 heterocycles. The summed E-state index contributed by atoms with van der Waals surface area (Å²) in [4.78, 5) is 34.7. The first kappa shape index (κ1) is 37.2. The van der Waals surface area contributed by atoms with Gasteiger partial charge in [-0.1, -0.05) is 6.07 Å². The molecule has 270 valence electrons. The quantitative estimate of drug-likeness (QED) is 0.0369. The van der Waals surface area contributed by atoms with Crippen molar-refractivity contribution in [3.8, 4) is 0 Å². The second-order valence-electron chi connectivity index (χ2n) is 10.5. The molecule has 5 aromatic carbocycles. The zero-order valence-corrected chi connectivity index (χ0v) is 28.1. The minimum absolute atomic E-state index is 0.0211. The van der Waals surface area contributed by atoms with Crippen LogP contribution in [0.3, 0.4) is 0 Å². The van der Waals surface area contributed by atoms with Crippen LogP contribution in [0.5, 0.6) is 0 Å². The Hall–Kier alpha value is -7.08. The van der Waals surface area contributed by atoms with Gasteiger partial charge in [-0.2, -0.15) is 37.3 Å². The topological polar surface area (TPSA) is 336 Å². The number of nitrogens with one attached hydrogen (secondary N) is 2. The monoisotopic (exact) mass is 761 g/mol. The van der Waals surface area contributed by atoms with Crippen LogP contribution < -0.4 is 43.9 Å². The Morgan fingerprint density at radius 1 is 0.679 bits per heavy atom. The molecule has 8 N–H and O–H groups in total. The maximum absolute atomic E-state index is 13.0. The minimum Gasteiger partial charge on any atom is -0.397 e. The van der Waals surface area contributed by atoms with E-state index >= 15 is 0 Å². The zero-order valence-electron chi connectivity index (χ0n) is 26.4. The van der Waals surface area contributed by atoms with Crippen molar-refractivity contribution in [2.24, 2.45) is 30.7 Å². The van der Waals surface area contributed by atoms with Crippen LogP contribution in [-0.2, 0) is 20.2 Å². The third-order valence-electron chi connectivity index (χ3n) is 6.82. The van der Waals surface area contributed by atoms with Crippen molar-refractivity contribution >= 4 is 71.4 Å². The van der Waals surface area contributed by atoms with E-state index in [9.17, 15) is 45.6 Å². The second kappa shape index (κ2) is 15.0. The first-order chi connectivity index (χ1) is 25.0. The van der Waals surface area contributed by atoms with Gasteiger partial charge in [0.15, 0.2) is 5.36 Å². The van der Waals surface area contributed by atoms with Gasteiger partial charge in [0.1, 0.15) is 21.6 Å². The van der Waals surface area contributed by atoms with Crippen molar-refractivity contribution < 1.29 is 30.9 Å². The summed E-state index contributed by atoms with van der Waals surface area (Å²) in [5.74, 6) is 0. The molecule has 21 nitrogen and oxygen atoms in total. The Balaban J connectivity index is 1.44. The summed E-state index contributed by atoms with van der Waals surface area (Å²) >= 11 is 0. The van der Waals surface area contributed by atoms with Crippen LogP contribution in [0.1, 0.15) is 0 Å². The molecule has 0 atom stereocenters. The summed E-state index contributed by atoms with van der Waals surface area (Å²) in [6.45, 7) is 0. The molecule has 0 spiro atoms. The predicted molar refractivity (Wildman–Crippen MR) is 189 cm³/mol. The van der Waals surface area contributed by atoms with Gasteiger partial charge in [0, 0.05) is 12.1 Å². The molecule has 0 radical (unpaired) electrons. The Morgan fingerprint density at radius 2 is 1.32 bits per heavy atom. The highest BCUT2D eigenvalue weighted by molar-refractivity contribution is 7.86. The van der Waals surface area contributed by atoms with E-state index in [-0.39, 0.29) is 50.9 Å². The lowest BCUT2D eigenvalue weighted by molar-refractivity contribution is -0.384. The van der Waals surface area contributed by atoms with Crippen molar-refractivity contribution in [3.05, 3.63) is 132 Å². The highest BCUT2D eigenvalue weighted by Crippen LogP contribution is 2.36. The molecule has 53 heavy (non-hydrogen) atoms. The van der Waals surface area contributed by atoms with Gasteiger partial charge in [0.25, 0.3) is 25.9 Å². The van der Waals surface area contributed by atoms with Crippen molar-refractivity contribution in [1.29, 1.82) is 0 Å². The minimum atomic E-state index is -4.88. The van der Waals surface area contributed by atoms with Crippen molar-refractivity contribution in [3.63, 3.8) is 0 Å². The molecule has 0 unspecified atom stereocenters. The van der Waals surface area contributed by atoms with Crippen LogP contribution >= 0.6 is 0 Å². The molecule has 0 saturated heterocycles. The third-order valence-corrected chi connectivity index (χ3v) is 8.59. The Morgan fingerprint density at radius 3 is 1.92 bits per heavy atom.